The van der Waals surface area contributed by atoms with Crippen LogP contribution in [-0.2, 0) is 15.9 Å². The average Bonchev–Trinajstić information content (AvgIpc) is 2.17. The van der Waals surface area contributed by atoms with Gasteiger partial charge in [-0.2, -0.15) is 0 Å². The van der Waals surface area contributed by atoms with E-state index in [-0.39, 0.29) is 0 Å². The molecule has 0 bridgehead atoms. The van der Waals surface area contributed by atoms with Crippen molar-refractivity contribution in [2.45, 2.75) is 32.4 Å². The van der Waals surface area contributed by atoms with Crippen LogP contribution in [0.2, 0.25) is 0 Å². The Morgan fingerprint density at radius 3 is 1.87 bits per heavy atom. The summed E-state index contributed by atoms with van der Waals surface area (Å²) in [5, 5.41) is 0. The molecule has 1 rings (SSSR count). The fourth-order valence-electron chi connectivity index (χ4n) is 0.778. The lowest BCUT2D eigenvalue weighted by Gasteiger charge is -2.05. The van der Waals surface area contributed by atoms with E-state index in [4.69, 9.17) is 0 Å². The molecule has 4 heteroatoms. The summed E-state index contributed by atoms with van der Waals surface area (Å²) in [5.74, 6) is -0.423. The highest BCUT2D eigenvalue weighted by Gasteiger charge is 1.95. The molecule has 0 N–H and O–H groups in total. The molecule has 1 aromatic carbocycles. The molecule has 0 spiro atoms. The Balaban J connectivity index is 0.000000423. The standard InChI is InChI=1S/C7H8O3S.C4H10/c8-11(9,10)6-7-4-2-1-3-5-7;1-3-4-2/h1-5H,6H2,(H,8,9,10);3-4H2,1-2H3/p-1. The van der Waals surface area contributed by atoms with Gasteiger partial charge in [0.2, 0.25) is 0 Å². The average molecular weight is 229 g/mol. The minimum absolute atomic E-state index is 0.423. The first-order valence-corrected chi connectivity index (χ1v) is 6.54. The molecule has 0 heterocycles. The molecule has 0 aliphatic carbocycles. The van der Waals surface area contributed by atoms with Crippen molar-refractivity contribution in [3.8, 4) is 0 Å². The van der Waals surface area contributed by atoms with Gasteiger partial charge in [-0.05, 0) is 5.56 Å². The molecule has 0 radical (unpaired) electrons. The lowest BCUT2D eigenvalue weighted by molar-refractivity contribution is 0.462. The summed E-state index contributed by atoms with van der Waals surface area (Å²) in [7, 11) is -4.13. The number of hydrogen-bond donors (Lipinski definition) is 0. The highest BCUT2D eigenvalue weighted by Crippen LogP contribution is 2.02. The molecule has 0 saturated carbocycles. The maximum atomic E-state index is 10.2. The zero-order valence-corrected chi connectivity index (χ0v) is 9.96. The van der Waals surface area contributed by atoms with Gasteiger partial charge in [0, 0.05) is 0 Å². The molecule has 0 unspecified atom stereocenters. The Labute approximate surface area is 91.9 Å². The van der Waals surface area contributed by atoms with Crippen molar-refractivity contribution in [3.63, 3.8) is 0 Å². The smallest absolute Gasteiger partial charge is 0.0988 e. The zero-order valence-electron chi connectivity index (χ0n) is 9.14. The quantitative estimate of drug-likeness (QED) is 0.748. The molecule has 0 fully saturated rings. The van der Waals surface area contributed by atoms with Gasteiger partial charge in [0.25, 0.3) is 0 Å². The van der Waals surface area contributed by atoms with Gasteiger partial charge in [-0.25, -0.2) is 8.42 Å². The minimum Gasteiger partial charge on any atom is -0.748 e. The highest BCUT2D eigenvalue weighted by molar-refractivity contribution is 7.84. The van der Waals surface area contributed by atoms with Crippen molar-refractivity contribution in [2.24, 2.45) is 0 Å². The zero-order chi connectivity index (χ0) is 11.7. The van der Waals surface area contributed by atoms with Crippen LogP contribution in [0.3, 0.4) is 0 Å². The first-order valence-electron chi connectivity index (χ1n) is 4.97. The second-order valence-corrected chi connectivity index (χ2v) is 4.59. The number of benzene rings is 1. The van der Waals surface area contributed by atoms with Crippen LogP contribution in [0, 0.1) is 0 Å². The summed E-state index contributed by atoms with van der Waals surface area (Å²) in [4.78, 5) is 0. The van der Waals surface area contributed by atoms with Gasteiger partial charge in [-0.1, -0.05) is 57.0 Å². The van der Waals surface area contributed by atoms with E-state index in [1.54, 1.807) is 30.3 Å². The Morgan fingerprint density at radius 2 is 1.53 bits per heavy atom. The normalized spacial score (nSPS) is 10.3. The lowest BCUT2D eigenvalue weighted by atomic mass is 10.2. The number of hydrogen-bond acceptors (Lipinski definition) is 3. The summed E-state index contributed by atoms with van der Waals surface area (Å²) in [6.45, 7) is 4.36. The summed E-state index contributed by atoms with van der Waals surface area (Å²) in [6.07, 6.45) is 2.64. The molecule has 0 saturated heterocycles. The summed E-state index contributed by atoms with van der Waals surface area (Å²) < 4.78 is 30.7. The maximum absolute atomic E-state index is 10.2. The van der Waals surface area contributed by atoms with Crippen molar-refractivity contribution in [3.05, 3.63) is 35.9 Å². The van der Waals surface area contributed by atoms with Crippen LogP contribution in [0.4, 0.5) is 0 Å². The fourth-order valence-corrected chi connectivity index (χ4v) is 1.38. The van der Waals surface area contributed by atoms with Gasteiger partial charge in [0.1, 0.15) is 0 Å². The van der Waals surface area contributed by atoms with E-state index in [0.717, 1.165) is 0 Å². The largest absolute Gasteiger partial charge is 0.748 e. The van der Waals surface area contributed by atoms with Crippen LogP contribution in [-0.4, -0.2) is 13.0 Å². The molecule has 15 heavy (non-hydrogen) atoms. The molecule has 0 aliphatic rings. The van der Waals surface area contributed by atoms with Gasteiger partial charge in [-0.15, -0.1) is 0 Å². The second-order valence-electron chi connectivity index (χ2n) is 3.19. The molecule has 3 nitrogen and oxygen atoms in total. The Kier molecular flexibility index (Phi) is 6.99. The fraction of sp³-hybridized carbons (Fsp3) is 0.455. The van der Waals surface area contributed by atoms with Gasteiger partial charge < -0.3 is 4.55 Å². The molecule has 0 aliphatic heterocycles. The third-order valence-corrected chi connectivity index (χ3v) is 2.37. The number of rotatable bonds is 3. The van der Waals surface area contributed by atoms with Gasteiger partial charge >= 0.3 is 0 Å². The van der Waals surface area contributed by atoms with Gasteiger partial charge in [0.15, 0.2) is 0 Å². The van der Waals surface area contributed by atoms with E-state index in [1.807, 2.05) is 0 Å². The second kappa shape index (κ2) is 7.43. The molecule has 86 valence electrons. The third kappa shape index (κ3) is 9.43. The highest BCUT2D eigenvalue weighted by atomic mass is 32.2. The minimum atomic E-state index is -4.13. The first kappa shape index (κ1) is 14.1. The molecule has 1 aromatic rings. The summed E-state index contributed by atoms with van der Waals surface area (Å²) in [5.41, 5.74) is 0.530. The summed E-state index contributed by atoms with van der Waals surface area (Å²) in [6, 6.07) is 8.37. The van der Waals surface area contributed by atoms with E-state index in [0.29, 0.717) is 5.56 Å². The predicted octanol–water partition coefficient (Wildman–Crippen LogP) is 2.54. The van der Waals surface area contributed by atoms with Crippen LogP contribution in [0.5, 0.6) is 0 Å². The van der Waals surface area contributed by atoms with Crippen molar-refractivity contribution >= 4 is 10.1 Å². The van der Waals surface area contributed by atoms with Crippen molar-refractivity contribution < 1.29 is 13.0 Å². The maximum Gasteiger partial charge on any atom is 0.0988 e. The molecular weight excluding hydrogens is 212 g/mol. The monoisotopic (exact) mass is 229 g/mol. The Morgan fingerprint density at radius 1 is 1.07 bits per heavy atom. The van der Waals surface area contributed by atoms with Crippen LogP contribution in [0.1, 0.15) is 32.3 Å². The van der Waals surface area contributed by atoms with Gasteiger partial charge in [0.05, 0.1) is 15.9 Å². The number of unbranched alkanes of at least 4 members (excludes halogenated alkanes) is 1. The van der Waals surface area contributed by atoms with Crippen LogP contribution < -0.4 is 0 Å². The van der Waals surface area contributed by atoms with Crippen molar-refractivity contribution in [1.82, 2.24) is 0 Å². The van der Waals surface area contributed by atoms with E-state index in [9.17, 15) is 13.0 Å². The van der Waals surface area contributed by atoms with E-state index in [2.05, 4.69) is 13.8 Å². The molecule has 0 amide bonds. The molecule has 0 atom stereocenters. The van der Waals surface area contributed by atoms with Crippen molar-refractivity contribution in [1.29, 1.82) is 0 Å². The van der Waals surface area contributed by atoms with Crippen LogP contribution in [0.25, 0.3) is 0 Å². The topological polar surface area (TPSA) is 57.2 Å². The SMILES string of the molecule is CCCC.O=S(=O)([O-])Cc1ccccc1. The lowest BCUT2D eigenvalue weighted by Crippen LogP contribution is -2.01. The van der Waals surface area contributed by atoms with Crippen molar-refractivity contribution in [2.75, 3.05) is 0 Å². The third-order valence-electron chi connectivity index (χ3n) is 1.69. The van der Waals surface area contributed by atoms with E-state index < -0.39 is 15.9 Å². The van der Waals surface area contributed by atoms with E-state index >= 15 is 0 Å². The Hall–Kier alpha value is -0.870. The Bertz CT molecular complexity index is 341. The van der Waals surface area contributed by atoms with Gasteiger partial charge in [-0.3, -0.25) is 0 Å². The molecule has 0 aromatic heterocycles. The predicted molar refractivity (Wildman–Crippen MR) is 60.4 cm³/mol. The first-order chi connectivity index (χ1) is 6.99. The molecular formula is C11H17O3S-. The van der Waals surface area contributed by atoms with E-state index in [1.165, 1.54) is 12.8 Å². The summed E-state index contributed by atoms with van der Waals surface area (Å²) >= 11 is 0. The van der Waals surface area contributed by atoms with Crippen LogP contribution >= 0.6 is 0 Å². The van der Waals surface area contributed by atoms with Crippen LogP contribution in [0.15, 0.2) is 30.3 Å².